The molecular weight excluding hydrogens is 256 g/mol. The van der Waals surface area contributed by atoms with Crippen molar-refractivity contribution in [2.75, 3.05) is 6.54 Å². The number of aromatic nitrogens is 2. The van der Waals surface area contributed by atoms with Crippen LogP contribution in [0.25, 0.3) is 0 Å². The molecule has 0 spiro atoms. The van der Waals surface area contributed by atoms with Crippen LogP contribution in [0.1, 0.15) is 38.8 Å². The average Bonchev–Trinajstić information content (AvgIpc) is 2.80. The van der Waals surface area contributed by atoms with E-state index < -0.39 is 5.54 Å². The van der Waals surface area contributed by atoms with Gasteiger partial charge in [0.1, 0.15) is 5.54 Å². The molecule has 1 aromatic rings. The fourth-order valence-electron chi connectivity index (χ4n) is 2.65. The predicted molar refractivity (Wildman–Crippen MR) is 74.7 cm³/mol. The van der Waals surface area contributed by atoms with E-state index in [4.69, 9.17) is 0 Å². The van der Waals surface area contributed by atoms with Gasteiger partial charge in [-0.1, -0.05) is 13.8 Å². The Kier molecular flexibility index (Phi) is 4.11. The third kappa shape index (κ3) is 2.69. The molecule has 0 saturated carbocycles. The minimum atomic E-state index is -0.762. The Morgan fingerprint density at radius 2 is 2.05 bits per heavy atom. The SMILES string of the molecule is CCC1(CC)NC(=O)CCN(Cc2ccn(C)n2)C1=O. The van der Waals surface area contributed by atoms with Gasteiger partial charge in [-0.2, -0.15) is 5.10 Å². The number of hydrogen-bond acceptors (Lipinski definition) is 3. The van der Waals surface area contributed by atoms with Gasteiger partial charge < -0.3 is 10.2 Å². The van der Waals surface area contributed by atoms with Crippen molar-refractivity contribution in [3.8, 4) is 0 Å². The molecule has 2 amide bonds. The first kappa shape index (κ1) is 14.6. The normalized spacial score (nSPS) is 18.9. The highest BCUT2D eigenvalue weighted by atomic mass is 16.2. The van der Waals surface area contributed by atoms with E-state index in [-0.39, 0.29) is 11.8 Å². The van der Waals surface area contributed by atoms with Crippen molar-refractivity contribution < 1.29 is 9.59 Å². The Labute approximate surface area is 119 Å². The van der Waals surface area contributed by atoms with E-state index in [2.05, 4.69) is 10.4 Å². The number of nitrogens with zero attached hydrogens (tertiary/aromatic N) is 3. The van der Waals surface area contributed by atoms with Crippen LogP contribution >= 0.6 is 0 Å². The summed E-state index contributed by atoms with van der Waals surface area (Å²) in [6.07, 6.45) is 3.41. The summed E-state index contributed by atoms with van der Waals surface area (Å²) >= 11 is 0. The fourth-order valence-corrected chi connectivity index (χ4v) is 2.65. The quantitative estimate of drug-likeness (QED) is 0.887. The van der Waals surface area contributed by atoms with Crippen LogP contribution in [0, 0.1) is 0 Å². The molecule has 0 unspecified atom stereocenters. The fraction of sp³-hybridized carbons (Fsp3) is 0.643. The number of amides is 2. The van der Waals surface area contributed by atoms with Gasteiger partial charge >= 0.3 is 0 Å². The molecule has 110 valence electrons. The van der Waals surface area contributed by atoms with E-state index in [1.165, 1.54) is 0 Å². The summed E-state index contributed by atoms with van der Waals surface area (Å²) in [6.45, 7) is 4.78. The van der Waals surface area contributed by atoms with Gasteiger partial charge in [-0.25, -0.2) is 0 Å². The molecule has 0 radical (unpaired) electrons. The largest absolute Gasteiger partial charge is 0.342 e. The van der Waals surface area contributed by atoms with Crippen molar-refractivity contribution in [1.82, 2.24) is 20.0 Å². The highest BCUT2D eigenvalue weighted by molar-refractivity contribution is 5.93. The Hall–Kier alpha value is -1.85. The second-order valence-electron chi connectivity index (χ2n) is 5.29. The highest BCUT2D eigenvalue weighted by Gasteiger charge is 2.41. The summed E-state index contributed by atoms with van der Waals surface area (Å²) < 4.78 is 1.72. The minimum absolute atomic E-state index is 0.000923. The van der Waals surface area contributed by atoms with Crippen LogP contribution < -0.4 is 5.32 Å². The molecule has 0 aromatic carbocycles. The maximum absolute atomic E-state index is 12.8. The number of carbonyl (C=O) groups excluding carboxylic acids is 2. The lowest BCUT2D eigenvalue weighted by Crippen LogP contribution is -2.56. The molecule has 0 atom stereocenters. The Morgan fingerprint density at radius 1 is 1.35 bits per heavy atom. The van der Waals surface area contributed by atoms with Crippen molar-refractivity contribution >= 4 is 11.8 Å². The first-order valence-electron chi connectivity index (χ1n) is 7.09. The van der Waals surface area contributed by atoms with Gasteiger partial charge in [0.25, 0.3) is 0 Å². The van der Waals surface area contributed by atoms with Crippen molar-refractivity contribution in [3.63, 3.8) is 0 Å². The summed E-state index contributed by atoms with van der Waals surface area (Å²) in [5.74, 6) is -0.0513. The first-order chi connectivity index (χ1) is 9.50. The highest BCUT2D eigenvalue weighted by Crippen LogP contribution is 2.22. The zero-order valence-electron chi connectivity index (χ0n) is 12.3. The van der Waals surface area contributed by atoms with Gasteiger partial charge in [0.2, 0.25) is 11.8 Å². The van der Waals surface area contributed by atoms with E-state index in [1.54, 1.807) is 9.58 Å². The van der Waals surface area contributed by atoms with E-state index in [9.17, 15) is 9.59 Å². The average molecular weight is 278 g/mol. The molecule has 1 saturated heterocycles. The summed E-state index contributed by atoms with van der Waals surface area (Å²) in [4.78, 5) is 26.4. The minimum Gasteiger partial charge on any atom is -0.342 e. The zero-order valence-corrected chi connectivity index (χ0v) is 12.3. The lowest BCUT2D eigenvalue weighted by molar-refractivity contribution is -0.139. The van der Waals surface area contributed by atoms with Gasteiger partial charge in [0.05, 0.1) is 12.2 Å². The lowest BCUT2D eigenvalue weighted by Gasteiger charge is -2.33. The lowest BCUT2D eigenvalue weighted by atomic mass is 9.91. The predicted octanol–water partition coefficient (Wildman–Crippen LogP) is 0.827. The second kappa shape index (κ2) is 5.64. The summed E-state index contributed by atoms with van der Waals surface area (Å²) in [5.41, 5.74) is 0.0823. The molecule has 1 aromatic heterocycles. The number of hydrogen-bond donors (Lipinski definition) is 1. The van der Waals surface area contributed by atoms with Gasteiger partial charge in [-0.15, -0.1) is 0 Å². The van der Waals surface area contributed by atoms with Crippen molar-refractivity contribution in [1.29, 1.82) is 0 Å². The van der Waals surface area contributed by atoms with Gasteiger partial charge in [-0.05, 0) is 18.9 Å². The maximum atomic E-state index is 12.8. The molecular formula is C14H22N4O2. The number of aryl methyl sites for hydroxylation is 1. The first-order valence-corrected chi connectivity index (χ1v) is 7.09. The van der Waals surface area contributed by atoms with Crippen LogP contribution in [-0.2, 0) is 23.2 Å². The summed E-state index contributed by atoms with van der Waals surface area (Å²) in [6, 6.07) is 1.90. The van der Waals surface area contributed by atoms with E-state index in [0.717, 1.165) is 5.69 Å². The molecule has 2 heterocycles. The molecule has 0 bridgehead atoms. The van der Waals surface area contributed by atoms with Crippen molar-refractivity contribution in [2.45, 2.75) is 45.2 Å². The third-order valence-corrected chi connectivity index (χ3v) is 4.01. The molecule has 1 N–H and O–H groups in total. The molecule has 20 heavy (non-hydrogen) atoms. The van der Waals surface area contributed by atoms with Crippen molar-refractivity contribution in [2.24, 2.45) is 7.05 Å². The van der Waals surface area contributed by atoms with Crippen LogP contribution in [0.3, 0.4) is 0 Å². The van der Waals surface area contributed by atoms with E-state index >= 15 is 0 Å². The molecule has 1 fully saturated rings. The topological polar surface area (TPSA) is 67.2 Å². The van der Waals surface area contributed by atoms with Crippen LogP contribution in [0.5, 0.6) is 0 Å². The molecule has 1 aliphatic heterocycles. The molecule has 6 nitrogen and oxygen atoms in total. The summed E-state index contributed by atoms with van der Waals surface area (Å²) in [5, 5.41) is 7.21. The Balaban J connectivity index is 2.23. The van der Waals surface area contributed by atoms with E-state index in [0.29, 0.717) is 32.4 Å². The van der Waals surface area contributed by atoms with Crippen LogP contribution in [0.2, 0.25) is 0 Å². The molecule has 2 rings (SSSR count). The zero-order chi connectivity index (χ0) is 14.8. The monoisotopic (exact) mass is 278 g/mol. The van der Waals surface area contributed by atoms with Crippen LogP contribution in [-0.4, -0.2) is 38.6 Å². The van der Waals surface area contributed by atoms with Gasteiger partial charge in [0.15, 0.2) is 0 Å². The van der Waals surface area contributed by atoms with Gasteiger partial charge in [0, 0.05) is 26.2 Å². The number of carbonyl (C=O) groups is 2. The summed E-state index contributed by atoms with van der Waals surface area (Å²) in [7, 11) is 1.85. The molecule has 1 aliphatic rings. The molecule has 6 heteroatoms. The van der Waals surface area contributed by atoms with Crippen molar-refractivity contribution in [3.05, 3.63) is 18.0 Å². The Bertz CT molecular complexity index is 505. The van der Waals surface area contributed by atoms with E-state index in [1.807, 2.05) is 33.2 Å². The van der Waals surface area contributed by atoms with Gasteiger partial charge in [-0.3, -0.25) is 14.3 Å². The second-order valence-corrected chi connectivity index (χ2v) is 5.29. The maximum Gasteiger partial charge on any atom is 0.248 e. The standard InChI is InChI=1S/C14H22N4O2/c1-4-14(5-2)13(20)18(9-7-12(19)15-14)10-11-6-8-17(3)16-11/h6,8H,4-5,7,9-10H2,1-3H3,(H,15,19). The smallest absolute Gasteiger partial charge is 0.248 e. The Morgan fingerprint density at radius 3 is 2.60 bits per heavy atom. The van der Waals surface area contributed by atoms with Crippen LogP contribution in [0.15, 0.2) is 12.3 Å². The van der Waals surface area contributed by atoms with Crippen LogP contribution in [0.4, 0.5) is 0 Å². The number of nitrogens with one attached hydrogen (secondary N) is 1. The molecule has 0 aliphatic carbocycles. The number of rotatable bonds is 4. The third-order valence-electron chi connectivity index (χ3n) is 4.01.